The second-order valence-electron chi connectivity index (χ2n) is 4.51. The Hall–Kier alpha value is -2.10. The Balaban J connectivity index is 2.08. The summed E-state index contributed by atoms with van der Waals surface area (Å²) in [5.41, 5.74) is 7.87. The van der Waals surface area contributed by atoms with Crippen LogP contribution >= 0.6 is 0 Å². The normalized spacial score (nSPS) is 11.1. The molecule has 1 heterocycles. The number of nitrogen functional groups attached to an aromatic ring is 1. The molecule has 6 nitrogen and oxygen atoms in total. The smallest absolute Gasteiger partial charge is 0.209 e. The lowest BCUT2D eigenvalue weighted by Crippen LogP contribution is -2.28. The van der Waals surface area contributed by atoms with Gasteiger partial charge in [-0.2, -0.15) is 5.26 Å². The molecule has 2 N–H and O–H groups in total. The van der Waals surface area contributed by atoms with Crippen molar-refractivity contribution in [1.82, 2.24) is 9.88 Å². The third-order valence-corrected chi connectivity index (χ3v) is 2.97. The van der Waals surface area contributed by atoms with E-state index in [2.05, 4.69) is 16.0 Å². The number of nitriles is 1. The largest absolute Gasteiger partial charge is 0.439 e. The molecule has 106 valence electrons. The molecule has 0 saturated carbocycles. The van der Waals surface area contributed by atoms with Gasteiger partial charge in [-0.1, -0.05) is 0 Å². The van der Waals surface area contributed by atoms with Gasteiger partial charge in [0.2, 0.25) is 5.89 Å². The number of ether oxygens (including phenoxy) is 1. The van der Waals surface area contributed by atoms with Crippen LogP contribution in [-0.2, 0) is 11.3 Å². The average molecular weight is 274 g/mol. The van der Waals surface area contributed by atoms with Crippen molar-refractivity contribution >= 4 is 16.8 Å². The highest BCUT2D eigenvalue weighted by Crippen LogP contribution is 2.19. The van der Waals surface area contributed by atoms with Gasteiger partial charge in [-0.05, 0) is 18.2 Å². The Kier molecular flexibility index (Phi) is 4.93. The summed E-state index contributed by atoms with van der Waals surface area (Å²) in [4.78, 5) is 6.50. The molecule has 0 unspecified atom stereocenters. The lowest BCUT2D eigenvalue weighted by molar-refractivity contribution is 0.140. The Bertz CT molecular complexity index is 603. The molecule has 0 amide bonds. The van der Waals surface area contributed by atoms with E-state index in [0.717, 1.165) is 17.6 Å². The Morgan fingerprint density at radius 2 is 2.30 bits per heavy atom. The molecule has 20 heavy (non-hydrogen) atoms. The van der Waals surface area contributed by atoms with Gasteiger partial charge in [0.1, 0.15) is 5.52 Å². The maximum Gasteiger partial charge on any atom is 0.209 e. The van der Waals surface area contributed by atoms with Crippen LogP contribution < -0.4 is 5.73 Å². The topological polar surface area (TPSA) is 88.3 Å². The fourth-order valence-corrected chi connectivity index (χ4v) is 1.95. The van der Waals surface area contributed by atoms with Crippen LogP contribution in [0.25, 0.3) is 11.1 Å². The monoisotopic (exact) mass is 274 g/mol. The number of hydrogen-bond donors (Lipinski definition) is 1. The van der Waals surface area contributed by atoms with Gasteiger partial charge in [0.05, 0.1) is 19.2 Å². The number of aromatic nitrogens is 1. The van der Waals surface area contributed by atoms with Crippen LogP contribution in [0.15, 0.2) is 22.6 Å². The predicted molar refractivity (Wildman–Crippen MR) is 75.8 cm³/mol. The van der Waals surface area contributed by atoms with Crippen molar-refractivity contribution in [2.24, 2.45) is 0 Å². The molecular weight excluding hydrogens is 256 g/mol. The first-order chi connectivity index (χ1) is 9.72. The van der Waals surface area contributed by atoms with Crippen LogP contribution in [0.5, 0.6) is 0 Å². The second-order valence-corrected chi connectivity index (χ2v) is 4.51. The first-order valence-corrected chi connectivity index (χ1v) is 6.46. The van der Waals surface area contributed by atoms with E-state index in [9.17, 15) is 0 Å². The summed E-state index contributed by atoms with van der Waals surface area (Å²) in [6.45, 7) is 2.57. The maximum atomic E-state index is 8.69. The zero-order chi connectivity index (χ0) is 14.4. The number of fused-ring (bicyclic) bond motifs is 1. The van der Waals surface area contributed by atoms with Gasteiger partial charge in [-0.3, -0.25) is 4.90 Å². The Morgan fingerprint density at radius 3 is 3.05 bits per heavy atom. The average Bonchev–Trinajstić information content (AvgIpc) is 2.83. The molecule has 0 fully saturated rings. The summed E-state index contributed by atoms with van der Waals surface area (Å²) >= 11 is 0. The maximum absolute atomic E-state index is 8.69. The molecule has 0 atom stereocenters. The third kappa shape index (κ3) is 3.70. The van der Waals surface area contributed by atoms with Crippen LogP contribution in [0.1, 0.15) is 12.3 Å². The minimum atomic E-state index is 0.469. The number of anilines is 1. The number of hydrogen-bond acceptors (Lipinski definition) is 6. The molecule has 1 aromatic carbocycles. The van der Waals surface area contributed by atoms with Gasteiger partial charge >= 0.3 is 0 Å². The van der Waals surface area contributed by atoms with Crippen molar-refractivity contribution in [1.29, 1.82) is 5.26 Å². The predicted octanol–water partition coefficient (Wildman–Crippen LogP) is 1.77. The number of methoxy groups -OCH3 is 1. The van der Waals surface area contributed by atoms with Crippen LogP contribution in [0, 0.1) is 11.3 Å². The van der Waals surface area contributed by atoms with E-state index < -0.39 is 0 Å². The van der Waals surface area contributed by atoms with E-state index in [-0.39, 0.29) is 0 Å². The van der Waals surface area contributed by atoms with Crippen molar-refractivity contribution in [3.63, 3.8) is 0 Å². The fourth-order valence-electron chi connectivity index (χ4n) is 1.95. The number of nitrogens with two attached hydrogens (primary N) is 1. The van der Waals surface area contributed by atoms with Gasteiger partial charge in [0, 0.05) is 32.3 Å². The summed E-state index contributed by atoms with van der Waals surface area (Å²) in [6.07, 6.45) is 0.469. The van der Waals surface area contributed by atoms with Crippen LogP contribution in [0.4, 0.5) is 5.69 Å². The van der Waals surface area contributed by atoms with E-state index in [1.54, 1.807) is 19.2 Å². The second kappa shape index (κ2) is 6.89. The first-order valence-electron chi connectivity index (χ1n) is 6.46. The summed E-state index contributed by atoms with van der Waals surface area (Å²) in [5, 5.41) is 8.69. The lowest BCUT2D eigenvalue weighted by Gasteiger charge is -2.18. The number of oxazole rings is 1. The minimum absolute atomic E-state index is 0.469. The molecule has 0 saturated heterocycles. The molecule has 0 bridgehead atoms. The zero-order valence-corrected chi connectivity index (χ0v) is 11.5. The molecular formula is C14H18N4O2. The SMILES string of the molecule is COCCN(CCC#N)Cc1nc2cc(N)ccc2o1. The van der Waals surface area contributed by atoms with Crippen molar-refractivity contribution in [3.05, 3.63) is 24.1 Å². The van der Waals surface area contributed by atoms with Crippen LogP contribution in [0.2, 0.25) is 0 Å². The zero-order valence-electron chi connectivity index (χ0n) is 11.5. The van der Waals surface area contributed by atoms with Gasteiger partial charge in [-0.15, -0.1) is 0 Å². The first kappa shape index (κ1) is 14.3. The van der Waals surface area contributed by atoms with E-state index in [1.807, 2.05) is 6.07 Å². The number of nitrogens with zero attached hydrogens (tertiary/aromatic N) is 3. The van der Waals surface area contributed by atoms with E-state index in [1.165, 1.54) is 0 Å². The molecule has 0 aliphatic heterocycles. The number of benzene rings is 1. The third-order valence-electron chi connectivity index (χ3n) is 2.97. The Labute approximate surface area is 117 Å². The van der Waals surface area contributed by atoms with Gasteiger partial charge in [0.15, 0.2) is 5.58 Å². The van der Waals surface area contributed by atoms with Crippen molar-refractivity contribution in [3.8, 4) is 6.07 Å². The molecule has 0 spiro atoms. The molecule has 0 radical (unpaired) electrons. The molecule has 1 aromatic heterocycles. The minimum Gasteiger partial charge on any atom is -0.439 e. The Morgan fingerprint density at radius 1 is 1.45 bits per heavy atom. The molecule has 0 aliphatic rings. The highest BCUT2D eigenvalue weighted by atomic mass is 16.5. The fraction of sp³-hybridized carbons (Fsp3) is 0.429. The van der Waals surface area contributed by atoms with Gasteiger partial charge in [0.25, 0.3) is 0 Å². The quantitative estimate of drug-likeness (QED) is 0.774. The molecule has 2 aromatic rings. The summed E-state index contributed by atoms with van der Waals surface area (Å²) < 4.78 is 10.8. The van der Waals surface area contributed by atoms with Gasteiger partial charge < -0.3 is 14.9 Å². The summed E-state index contributed by atoms with van der Waals surface area (Å²) in [7, 11) is 1.66. The number of rotatable bonds is 7. The highest BCUT2D eigenvalue weighted by molar-refractivity contribution is 5.76. The summed E-state index contributed by atoms with van der Waals surface area (Å²) in [5.74, 6) is 0.625. The van der Waals surface area contributed by atoms with E-state index >= 15 is 0 Å². The van der Waals surface area contributed by atoms with Crippen molar-refractivity contribution < 1.29 is 9.15 Å². The molecule has 6 heteroatoms. The standard InChI is InChI=1S/C14H18N4O2/c1-19-8-7-18(6-2-5-15)10-14-17-12-9-11(16)3-4-13(12)20-14/h3-4,9H,2,6-8,10,16H2,1H3. The lowest BCUT2D eigenvalue weighted by atomic mass is 10.3. The molecule has 2 rings (SSSR count). The van der Waals surface area contributed by atoms with Crippen molar-refractivity contribution in [2.45, 2.75) is 13.0 Å². The van der Waals surface area contributed by atoms with Crippen LogP contribution in [-0.4, -0.2) is 36.7 Å². The molecule has 0 aliphatic carbocycles. The van der Waals surface area contributed by atoms with E-state index in [4.69, 9.17) is 20.1 Å². The van der Waals surface area contributed by atoms with Crippen molar-refractivity contribution in [2.75, 3.05) is 32.5 Å². The van der Waals surface area contributed by atoms with Crippen LogP contribution in [0.3, 0.4) is 0 Å². The highest BCUT2D eigenvalue weighted by Gasteiger charge is 2.11. The summed E-state index contributed by atoms with van der Waals surface area (Å²) in [6, 6.07) is 7.54. The van der Waals surface area contributed by atoms with E-state index in [0.29, 0.717) is 37.7 Å². The van der Waals surface area contributed by atoms with Gasteiger partial charge in [-0.25, -0.2) is 4.98 Å².